The highest BCUT2D eigenvalue weighted by Gasteiger charge is 2.27. The number of halogens is 1. The van der Waals surface area contributed by atoms with Gasteiger partial charge in [-0.05, 0) is 31.2 Å². The Hall–Kier alpha value is -1.33. The minimum absolute atomic E-state index is 0.0326. The first-order chi connectivity index (χ1) is 8.29. The van der Waals surface area contributed by atoms with E-state index in [1.54, 1.807) is 18.2 Å². The summed E-state index contributed by atoms with van der Waals surface area (Å²) in [6, 6.07) is 6.44. The molecule has 0 spiro atoms. The molecule has 1 aromatic heterocycles. The molecule has 1 unspecified atom stereocenters. The molecule has 0 aliphatic heterocycles. The maximum atomic E-state index is 11.9. The molecule has 0 bridgehead atoms. The summed E-state index contributed by atoms with van der Waals surface area (Å²) in [6.45, 7) is 1.35. The predicted octanol–water partition coefficient (Wildman–Crippen LogP) is 2.70. The van der Waals surface area contributed by atoms with Gasteiger partial charge in [0.2, 0.25) is 5.78 Å². The number of carbonyl (C=O) groups is 1. The SMILES string of the molecule is CC(C(=O)c1cc2cc(Cl)ccc2o1)S(C)(=O)=O. The van der Waals surface area contributed by atoms with Gasteiger partial charge in [-0.3, -0.25) is 4.79 Å². The van der Waals surface area contributed by atoms with Gasteiger partial charge in [-0.25, -0.2) is 8.42 Å². The van der Waals surface area contributed by atoms with Gasteiger partial charge >= 0.3 is 0 Å². The third kappa shape index (κ3) is 2.42. The molecule has 0 aliphatic rings. The summed E-state index contributed by atoms with van der Waals surface area (Å²) in [5.74, 6) is -0.519. The number of fused-ring (bicyclic) bond motifs is 1. The fourth-order valence-corrected chi connectivity index (χ4v) is 2.22. The number of carbonyl (C=O) groups excluding carboxylic acids is 1. The molecule has 0 aliphatic carbocycles. The third-order valence-electron chi connectivity index (χ3n) is 2.73. The lowest BCUT2D eigenvalue weighted by Crippen LogP contribution is -2.25. The average Bonchev–Trinajstić information content (AvgIpc) is 2.68. The Kier molecular flexibility index (Phi) is 3.21. The van der Waals surface area contributed by atoms with E-state index in [-0.39, 0.29) is 5.76 Å². The molecular weight excluding hydrogens is 276 g/mol. The Balaban J connectivity index is 2.46. The molecule has 0 N–H and O–H groups in total. The quantitative estimate of drug-likeness (QED) is 0.814. The van der Waals surface area contributed by atoms with Crippen molar-refractivity contribution in [1.82, 2.24) is 0 Å². The minimum atomic E-state index is -3.43. The highest BCUT2D eigenvalue weighted by molar-refractivity contribution is 7.92. The zero-order valence-electron chi connectivity index (χ0n) is 9.81. The highest BCUT2D eigenvalue weighted by atomic mass is 35.5. The van der Waals surface area contributed by atoms with E-state index < -0.39 is 20.9 Å². The first kappa shape index (κ1) is 13.1. The number of benzene rings is 1. The molecule has 6 heteroatoms. The van der Waals surface area contributed by atoms with Gasteiger partial charge in [-0.15, -0.1) is 0 Å². The molecule has 1 atom stereocenters. The summed E-state index contributed by atoms with van der Waals surface area (Å²) in [7, 11) is -3.43. The van der Waals surface area contributed by atoms with Crippen LogP contribution in [0.5, 0.6) is 0 Å². The van der Waals surface area contributed by atoms with Gasteiger partial charge in [0.25, 0.3) is 0 Å². The van der Waals surface area contributed by atoms with Crippen LogP contribution in [0.15, 0.2) is 28.7 Å². The lowest BCUT2D eigenvalue weighted by atomic mass is 10.2. The van der Waals surface area contributed by atoms with Crippen LogP contribution in [-0.4, -0.2) is 25.7 Å². The standard InChI is InChI=1S/C12H11ClO4S/c1-7(18(2,15)16)12(14)11-6-8-5-9(13)3-4-10(8)17-11/h3-7H,1-2H3. The van der Waals surface area contributed by atoms with Gasteiger partial charge in [0.05, 0.1) is 0 Å². The zero-order chi connectivity index (χ0) is 13.5. The predicted molar refractivity (Wildman–Crippen MR) is 69.9 cm³/mol. The molecule has 0 saturated carbocycles. The molecule has 0 radical (unpaired) electrons. The Morgan fingerprint density at radius 2 is 2.00 bits per heavy atom. The second kappa shape index (κ2) is 4.40. The van der Waals surface area contributed by atoms with Gasteiger partial charge in [-0.2, -0.15) is 0 Å². The summed E-state index contributed by atoms with van der Waals surface area (Å²) in [4.78, 5) is 11.9. The van der Waals surface area contributed by atoms with E-state index in [4.69, 9.17) is 16.0 Å². The number of furan rings is 1. The molecule has 0 fully saturated rings. The summed E-state index contributed by atoms with van der Waals surface area (Å²) in [5.41, 5.74) is 0.503. The highest BCUT2D eigenvalue weighted by Crippen LogP contribution is 2.24. The van der Waals surface area contributed by atoms with Crippen LogP contribution in [0.1, 0.15) is 17.5 Å². The fourth-order valence-electron chi connectivity index (χ4n) is 1.53. The van der Waals surface area contributed by atoms with Crippen LogP contribution in [0.3, 0.4) is 0 Å². The Labute approximate surface area is 109 Å². The number of ketones is 1. The molecule has 96 valence electrons. The largest absolute Gasteiger partial charge is 0.453 e. The van der Waals surface area contributed by atoms with Crippen molar-refractivity contribution in [3.63, 3.8) is 0 Å². The van der Waals surface area contributed by atoms with Gasteiger partial charge in [0.1, 0.15) is 10.8 Å². The van der Waals surface area contributed by atoms with Crippen molar-refractivity contribution in [2.24, 2.45) is 0 Å². The maximum Gasteiger partial charge on any atom is 0.215 e. The van der Waals surface area contributed by atoms with Gasteiger partial charge in [-0.1, -0.05) is 11.6 Å². The molecule has 0 amide bonds. The normalized spacial score (nSPS) is 13.7. The first-order valence-electron chi connectivity index (χ1n) is 5.21. The van der Waals surface area contributed by atoms with E-state index in [0.717, 1.165) is 6.26 Å². The summed E-state index contributed by atoms with van der Waals surface area (Å²) < 4.78 is 28.0. The van der Waals surface area contributed by atoms with E-state index >= 15 is 0 Å². The van der Waals surface area contributed by atoms with Crippen LogP contribution in [0.2, 0.25) is 5.02 Å². The Morgan fingerprint density at radius 1 is 1.33 bits per heavy atom. The number of hydrogen-bond donors (Lipinski definition) is 0. The van der Waals surface area contributed by atoms with E-state index in [1.165, 1.54) is 13.0 Å². The van der Waals surface area contributed by atoms with Crippen molar-refractivity contribution in [1.29, 1.82) is 0 Å². The number of Topliss-reactive ketones (excluding diaryl/α,β-unsaturated/α-hetero) is 1. The lowest BCUT2D eigenvalue weighted by molar-refractivity contribution is 0.0967. The van der Waals surface area contributed by atoms with Crippen LogP contribution < -0.4 is 0 Å². The number of rotatable bonds is 3. The third-order valence-corrected chi connectivity index (χ3v) is 4.47. The van der Waals surface area contributed by atoms with Crippen LogP contribution in [-0.2, 0) is 9.84 Å². The first-order valence-corrected chi connectivity index (χ1v) is 7.54. The van der Waals surface area contributed by atoms with Gasteiger partial charge < -0.3 is 4.42 Å². The van der Waals surface area contributed by atoms with E-state index in [2.05, 4.69) is 0 Å². The number of sulfone groups is 1. The van der Waals surface area contributed by atoms with Crippen LogP contribution in [0.25, 0.3) is 11.0 Å². The summed E-state index contributed by atoms with van der Waals surface area (Å²) in [5, 5.41) is 0.0820. The topological polar surface area (TPSA) is 64.3 Å². The summed E-state index contributed by atoms with van der Waals surface area (Å²) >= 11 is 5.82. The van der Waals surface area contributed by atoms with Gasteiger partial charge in [0, 0.05) is 16.7 Å². The minimum Gasteiger partial charge on any atom is -0.453 e. The van der Waals surface area contributed by atoms with Crippen LogP contribution in [0.4, 0.5) is 0 Å². The Bertz CT molecular complexity index is 715. The van der Waals surface area contributed by atoms with Crippen molar-refractivity contribution in [2.75, 3.05) is 6.26 Å². The molecule has 1 heterocycles. The smallest absolute Gasteiger partial charge is 0.215 e. The van der Waals surface area contributed by atoms with Gasteiger partial charge in [0.15, 0.2) is 15.6 Å². The van der Waals surface area contributed by atoms with Crippen molar-refractivity contribution < 1.29 is 17.6 Å². The zero-order valence-corrected chi connectivity index (χ0v) is 11.4. The molecule has 2 rings (SSSR count). The molecule has 2 aromatic rings. The van der Waals surface area contributed by atoms with E-state index in [1.807, 2.05) is 0 Å². The van der Waals surface area contributed by atoms with Crippen molar-refractivity contribution in [3.8, 4) is 0 Å². The summed E-state index contributed by atoms with van der Waals surface area (Å²) in [6.07, 6.45) is 1.02. The van der Waals surface area contributed by atoms with E-state index in [9.17, 15) is 13.2 Å². The van der Waals surface area contributed by atoms with Crippen molar-refractivity contribution in [2.45, 2.75) is 12.2 Å². The second-order valence-corrected chi connectivity index (χ2v) is 6.93. The maximum absolute atomic E-state index is 11.9. The molecule has 4 nitrogen and oxygen atoms in total. The van der Waals surface area contributed by atoms with Crippen LogP contribution >= 0.6 is 11.6 Å². The monoisotopic (exact) mass is 286 g/mol. The average molecular weight is 287 g/mol. The van der Waals surface area contributed by atoms with Crippen molar-refractivity contribution in [3.05, 3.63) is 35.0 Å². The molecule has 1 aromatic carbocycles. The molecular formula is C12H11ClO4S. The fraction of sp³-hybridized carbons (Fsp3) is 0.250. The molecule has 18 heavy (non-hydrogen) atoms. The lowest BCUT2D eigenvalue weighted by Gasteiger charge is -2.04. The van der Waals surface area contributed by atoms with E-state index in [0.29, 0.717) is 16.0 Å². The molecule has 0 saturated heterocycles. The second-order valence-electron chi connectivity index (χ2n) is 4.13. The Morgan fingerprint density at radius 3 is 2.61 bits per heavy atom. The van der Waals surface area contributed by atoms with Crippen molar-refractivity contribution >= 4 is 38.2 Å². The number of hydrogen-bond acceptors (Lipinski definition) is 4. The van der Waals surface area contributed by atoms with Crippen LogP contribution in [0, 0.1) is 0 Å².